The molecule has 1 unspecified atom stereocenters. The van der Waals surface area contributed by atoms with E-state index in [1.807, 2.05) is 24.3 Å². The number of nitro groups is 1. The maximum Gasteiger partial charge on any atom is 0.270 e. The van der Waals surface area contributed by atoms with Crippen LogP contribution in [0.3, 0.4) is 0 Å². The largest absolute Gasteiger partial charge is 0.486 e. The lowest BCUT2D eigenvalue weighted by Crippen LogP contribution is -2.42. The SMILES string of the molecule is CNc1ccc([N+](=O)[O-])cc1C(=O)N(C)CC1COc2ccccc2O1. The maximum atomic E-state index is 12.8. The van der Waals surface area contributed by atoms with Crippen molar-refractivity contribution in [3.05, 3.63) is 58.1 Å². The summed E-state index contributed by atoms with van der Waals surface area (Å²) in [6.45, 7) is 0.613. The first kappa shape index (κ1) is 17.5. The Hall–Kier alpha value is -3.29. The Morgan fingerprint density at radius 2 is 2.04 bits per heavy atom. The van der Waals surface area contributed by atoms with Gasteiger partial charge < -0.3 is 19.7 Å². The highest BCUT2D eigenvalue weighted by Crippen LogP contribution is 2.31. The lowest BCUT2D eigenvalue weighted by Gasteiger charge is -2.29. The van der Waals surface area contributed by atoms with Gasteiger partial charge in [-0.05, 0) is 18.2 Å². The van der Waals surface area contributed by atoms with E-state index in [1.54, 1.807) is 14.1 Å². The van der Waals surface area contributed by atoms with Crippen LogP contribution in [0.15, 0.2) is 42.5 Å². The zero-order valence-corrected chi connectivity index (χ0v) is 14.5. The number of fused-ring (bicyclic) bond motifs is 1. The molecule has 136 valence electrons. The molecule has 2 aromatic rings. The van der Waals surface area contributed by atoms with Gasteiger partial charge in [0.1, 0.15) is 6.61 Å². The molecule has 0 radical (unpaired) electrons. The normalized spacial score (nSPS) is 15.2. The summed E-state index contributed by atoms with van der Waals surface area (Å²) in [6, 6.07) is 11.5. The molecule has 0 bridgehead atoms. The van der Waals surface area contributed by atoms with Crippen molar-refractivity contribution in [3.8, 4) is 11.5 Å². The monoisotopic (exact) mass is 357 g/mol. The van der Waals surface area contributed by atoms with Crippen LogP contribution < -0.4 is 14.8 Å². The van der Waals surface area contributed by atoms with Gasteiger partial charge in [0.2, 0.25) is 0 Å². The van der Waals surface area contributed by atoms with Gasteiger partial charge in [0.05, 0.1) is 17.0 Å². The molecule has 1 N–H and O–H groups in total. The number of hydrogen-bond acceptors (Lipinski definition) is 6. The quantitative estimate of drug-likeness (QED) is 0.653. The van der Waals surface area contributed by atoms with Gasteiger partial charge in [0.25, 0.3) is 11.6 Å². The summed E-state index contributed by atoms with van der Waals surface area (Å²) < 4.78 is 11.5. The fourth-order valence-corrected chi connectivity index (χ4v) is 2.79. The van der Waals surface area contributed by atoms with Crippen LogP contribution >= 0.6 is 0 Å². The maximum absolute atomic E-state index is 12.8. The van der Waals surface area contributed by atoms with Gasteiger partial charge in [-0.15, -0.1) is 0 Å². The zero-order chi connectivity index (χ0) is 18.7. The first-order valence-corrected chi connectivity index (χ1v) is 8.09. The molecule has 2 aromatic carbocycles. The van der Waals surface area contributed by atoms with E-state index in [0.29, 0.717) is 30.3 Å². The molecular weight excluding hydrogens is 338 g/mol. The number of ether oxygens (including phenoxy) is 2. The molecule has 0 aliphatic carbocycles. The number of non-ortho nitro benzene ring substituents is 1. The molecule has 8 nitrogen and oxygen atoms in total. The third-order valence-electron chi connectivity index (χ3n) is 4.11. The molecule has 1 aliphatic rings. The Kier molecular flexibility index (Phi) is 4.92. The van der Waals surface area contributed by atoms with Crippen LogP contribution in [0.1, 0.15) is 10.4 Å². The second kappa shape index (κ2) is 7.30. The van der Waals surface area contributed by atoms with Crippen molar-refractivity contribution in [2.45, 2.75) is 6.10 Å². The van der Waals surface area contributed by atoms with Crippen LogP contribution in [0.5, 0.6) is 11.5 Å². The molecule has 26 heavy (non-hydrogen) atoms. The van der Waals surface area contributed by atoms with Gasteiger partial charge >= 0.3 is 0 Å². The van der Waals surface area contributed by atoms with Crippen molar-refractivity contribution in [2.75, 3.05) is 32.6 Å². The summed E-state index contributed by atoms with van der Waals surface area (Å²) in [5.41, 5.74) is 0.631. The van der Waals surface area contributed by atoms with Crippen molar-refractivity contribution in [3.63, 3.8) is 0 Å². The number of amides is 1. The molecule has 1 atom stereocenters. The lowest BCUT2D eigenvalue weighted by molar-refractivity contribution is -0.384. The minimum atomic E-state index is -0.523. The second-order valence-electron chi connectivity index (χ2n) is 5.92. The molecule has 0 fully saturated rings. The minimum Gasteiger partial charge on any atom is -0.486 e. The molecule has 8 heteroatoms. The standard InChI is InChI=1S/C18H19N3O5/c1-19-15-8-7-12(21(23)24)9-14(15)18(22)20(2)10-13-11-25-16-5-3-4-6-17(16)26-13/h3-9,13,19H,10-11H2,1-2H3. The van der Waals surface area contributed by atoms with Gasteiger partial charge in [0, 0.05) is 31.9 Å². The molecule has 1 amide bonds. The first-order valence-electron chi connectivity index (χ1n) is 8.09. The fraction of sp³-hybridized carbons (Fsp3) is 0.278. The summed E-state index contributed by atoms with van der Waals surface area (Å²) >= 11 is 0. The molecule has 1 aliphatic heterocycles. The van der Waals surface area contributed by atoms with E-state index in [1.165, 1.54) is 23.1 Å². The van der Waals surface area contributed by atoms with Crippen molar-refractivity contribution in [1.82, 2.24) is 4.90 Å². The Morgan fingerprint density at radius 3 is 2.73 bits per heavy atom. The van der Waals surface area contributed by atoms with Gasteiger partial charge in [-0.2, -0.15) is 0 Å². The predicted octanol–water partition coefficient (Wildman–Crippen LogP) is 2.55. The van der Waals surface area contributed by atoms with E-state index in [4.69, 9.17) is 9.47 Å². The van der Waals surface area contributed by atoms with E-state index in [-0.39, 0.29) is 23.3 Å². The van der Waals surface area contributed by atoms with Crippen LogP contribution in [0.25, 0.3) is 0 Å². The Bertz CT molecular complexity index is 839. The summed E-state index contributed by atoms with van der Waals surface area (Å²) in [5, 5.41) is 13.9. The lowest BCUT2D eigenvalue weighted by atomic mass is 10.1. The van der Waals surface area contributed by atoms with Gasteiger partial charge in [0.15, 0.2) is 17.6 Å². The number of carbonyl (C=O) groups is 1. The average Bonchev–Trinajstić information content (AvgIpc) is 2.66. The Balaban J connectivity index is 1.74. The number of benzene rings is 2. The smallest absolute Gasteiger partial charge is 0.270 e. The number of carbonyl (C=O) groups excluding carboxylic acids is 1. The van der Waals surface area contributed by atoms with E-state index < -0.39 is 4.92 Å². The average molecular weight is 357 g/mol. The molecule has 0 aromatic heterocycles. The third kappa shape index (κ3) is 3.53. The summed E-state index contributed by atoms with van der Waals surface area (Å²) in [6.07, 6.45) is -0.324. The van der Waals surface area contributed by atoms with E-state index in [0.717, 1.165) is 0 Å². The van der Waals surface area contributed by atoms with E-state index >= 15 is 0 Å². The first-order chi connectivity index (χ1) is 12.5. The van der Waals surface area contributed by atoms with E-state index in [9.17, 15) is 14.9 Å². The highest BCUT2D eigenvalue weighted by molar-refractivity contribution is 6.00. The highest BCUT2D eigenvalue weighted by atomic mass is 16.6. The Labute approximate surface area is 150 Å². The number of nitro benzene ring substituents is 1. The van der Waals surface area contributed by atoms with Crippen molar-refractivity contribution in [2.24, 2.45) is 0 Å². The van der Waals surface area contributed by atoms with Crippen LogP contribution in [0, 0.1) is 10.1 Å². The number of hydrogen-bond donors (Lipinski definition) is 1. The summed E-state index contributed by atoms with van der Waals surface area (Å²) in [4.78, 5) is 24.7. The number of rotatable bonds is 5. The second-order valence-corrected chi connectivity index (χ2v) is 5.92. The van der Waals surface area contributed by atoms with Crippen LogP contribution in [-0.4, -0.2) is 49.1 Å². The summed E-state index contributed by atoms with van der Waals surface area (Å²) in [7, 11) is 3.29. The van der Waals surface area contributed by atoms with Crippen LogP contribution in [0.2, 0.25) is 0 Å². The molecule has 0 saturated carbocycles. The van der Waals surface area contributed by atoms with Gasteiger partial charge in [-0.1, -0.05) is 12.1 Å². The van der Waals surface area contributed by atoms with Gasteiger partial charge in [-0.3, -0.25) is 14.9 Å². The van der Waals surface area contributed by atoms with Crippen molar-refractivity contribution < 1.29 is 19.2 Å². The zero-order valence-electron chi connectivity index (χ0n) is 14.5. The third-order valence-corrected chi connectivity index (χ3v) is 4.11. The number of likely N-dealkylation sites (N-methyl/N-ethyl adjacent to an activating group) is 1. The van der Waals surface area contributed by atoms with Crippen LogP contribution in [-0.2, 0) is 0 Å². The molecular formula is C18H19N3O5. The minimum absolute atomic E-state index is 0.132. The highest BCUT2D eigenvalue weighted by Gasteiger charge is 2.26. The number of anilines is 1. The molecule has 0 saturated heterocycles. The number of nitrogens with one attached hydrogen (secondary N) is 1. The van der Waals surface area contributed by atoms with Crippen molar-refractivity contribution >= 4 is 17.3 Å². The molecule has 0 spiro atoms. The van der Waals surface area contributed by atoms with Crippen molar-refractivity contribution in [1.29, 1.82) is 0 Å². The fourth-order valence-electron chi connectivity index (χ4n) is 2.79. The Morgan fingerprint density at radius 1 is 1.31 bits per heavy atom. The molecule has 3 rings (SSSR count). The van der Waals surface area contributed by atoms with Crippen LogP contribution in [0.4, 0.5) is 11.4 Å². The topological polar surface area (TPSA) is 93.9 Å². The number of para-hydroxylation sites is 2. The molecule has 1 heterocycles. The number of nitrogens with zero attached hydrogens (tertiary/aromatic N) is 2. The summed E-state index contributed by atoms with van der Waals surface area (Å²) in [5.74, 6) is 0.977. The van der Waals surface area contributed by atoms with E-state index in [2.05, 4.69) is 5.32 Å². The van der Waals surface area contributed by atoms with Gasteiger partial charge in [-0.25, -0.2) is 0 Å². The predicted molar refractivity (Wildman–Crippen MR) is 96.0 cm³/mol.